The van der Waals surface area contributed by atoms with Crippen LogP contribution in [0.1, 0.15) is 27.0 Å². The van der Waals surface area contributed by atoms with Crippen molar-refractivity contribution in [1.82, 2.24) is 0 Å². The van der Waals surface area contributed by atoms with Gasteiger partial charge in [0.15, 0.2) is 6.61 Å². The van der Waals surface area contributed by atoms with E-state index in [9.17, 15) is 22.8 Å². The van der Waals surface area contributed by atoms with Crippen molar-refractivity contribution in [1.29, 1.82) is 0 Å². The van der Waals surface area contributed by atoms with Crippen molar-refractivity contribution in [2.45, 2.75) is 20.0 Å². The number of hydrogen-bond donors (Lipinski definition) is 2. The van der Waals surface area contributed by atoms with Crippen LogP contribution in [0.3, 0.4) is 0 Å². The first-order valence-electron chi connectivity index (χ1n) is 7.59. The van der Waals surface area contributed by atoms with Crippen molar-refractivity contribution in [3.8, 4) is 0 Å². The molecule has 1 amide bonds. The summed E-state index contributed by atoms with van der Waals surface area (Å²) in [4.78, 5) is 23.9. The lowest BCUT2D eigenvalue weighted by atomic mass is 10.1. The fourth-order valence-electron chi connectivity index (χ4n) is 2.32. The van der Waals surface area contributed by atoms with Crippen LogP contribution in [-0.4, -0.2) is 18.5 Å². The van der Waals surface area contributed by atoms with Gasteiger partial charge in [0.2, 0.25) is 0 Å². The smallest absolute Gasteiger partial charge is 0.416 e. The molecule has 0 aliphatic carbocycles. The van der Waals surface area contributed by atoms with Crippen LogP contribution in [0.25, 0.3) is 0 Å². The minimum atomic E-state index is -4.57. The molecule has 26 heavy (non-hydrogen) atoms. The summed E-state index contributed by atoms with van der Waals surface area (Å²) in [5, 5.41) is 2.63. The lowest BCUT2D eigenvalue weighted by Crippen LogP contribution is -2.22. The Labute approximate surface area is 148 Å². The van der Waals surface area contributed by atoms with Gasteiger partial charge in [-0.15, -0.1) is 0 Å². The predicted octanol–water partition coefficient (Wildman–Crippen LogP) is 3.70. The van der Waals surface area contributed by atoms with Gasteiger partial charge in [-0.3, -0.25) is 4.79 Å². The standard InChI is InChI=1S/C18H17F3N2O3/c1-10-4-3-5-11(2)16(10)23-15(24)9-26-17(25)13-7-6-12(8-14(13)22)18(19,20)21/h3-8H,9,22H2,1-2H3,(H,23,24). The van der Waals surface area contributed by atoms with E-state index in [0.29, 0.717) is 11.8 Å². The molecule has 2 rings (SSSR count). The summed E-state index contributed by atoms with van der Waals surface area (Å²) in [6, 6.07) is 7.77. The van der Waals surface area contributed by atoms with Gasteiger partial charge in [-0.05, 0) is 43.2 Å². The Morgan fingerprint density at radius 1 is 1.12 bits per heavy atom. The van der Waals surface area contributed by atoms with E-state index in [1.54, 1.807) is 0 Å². The second-order valence-corrected chi connectivity index (χ2v) is 5.69. The van der Waals surface area contributed by atoms with Crippen LogP contribution in [0.15, 0.2) is 36.4 Å². The van der Waals surface area contributed by atoms with Crippen molar-refractivity contribution in [2.75, 3.05) is 17.7 Å². The average molecular weight is 366 g/mol. The average Bonchev–Trinajstić information content (AvgIpc) is 2.55. The van der Waals surface area contributed by atoms with E-state index in [1.807, 2.05) is 32.0 Å². The van der Waals surface area contributed by atoms with Crippen LogP contribution >= 0.6 is 0 Å². The molecule has 2 aromatic carbocycles. The van der Waals surface area contributed by atoms with Gasteiger partial charge in [0, 0.05) is 11.4 Å². The lowest BCUT2D eigenvalue weighted by Gasteiger charge is -2.12. The maximum atomic E-state index is 12.6. The molecular weight excluding hydrogens is 349 g/mol. The molecule has 2 aromatic rings. The zero-order valence-electron chi connectivity index (χ0n) is 14.1. The third kappa shape index (κ3) is 4.53. The Morgan fingerprint density at radius 3 is 2.27 bits per heavy atom. The first-order chi connectivity index (χ1) is 12.1. The second-order valence-electron chi connectivity index (χ2n) is 5.69. The highest BCUT2D eigenvalue weighted by molar-refractivity contribution is 5.98. The van der Waals surface area contributed by atoms with E-state index in [2.05, 4.69) is 5.32 Å². The van der Waals surface area contributed by atoms with Crippen molar-refractivity contribution in [2.24, 2.45) is 0 Å². The third-order valence-electron chi connectivity index (χ3n) is 3.68. The van der Waals surface area contributed by atoms with Crippen LogP contribution in [0.5, 0.6) is 0 Å². The van der Waals surface area contributed by atoms with Crippen LogP contribution in [0, 0.1) is 13.8 Å². The number of ether oxygens (including phenoxy) is 1. The first kappa shape index (κ1) is 19.3. The van der Waals surface area contributed by atoms with Crippen molar-refractivity contribution < 1.29 is 27.5 Å². The highest BCUT2D eigenvalue weighted by Gasteiger charge is 2.31. The minimum absolute atomic E-state index is 0.238. The fourth-order valence-corrected chi connectivity index (χ4v) is 2.32. The summed E-state index contributed by atoms with van der Waals surface area (Å²) in [6.45, 7) is 3.04. The van der Waals surface area contributed by atoms with Gasteiger partial charge in [0.05, 0.1) is 11.1 Å². The second kappa shape index (κ2) is 7.47. The Hall–Kier alpha value is -3.03. The number of rotatable bonds is 4. The Kier molecular flexibility index (Phi) is 5.54. The highest BCUT2D eigenvalue weighted by atomic mass is 19.4. The quantitative estimate of drug-likeness (QED) is 0.639. The summed E-state index contributed by atoms with van der Waals surface area (Å²) < 4.78 is 42.6. The molecule has 0 aliphatic heterocycles. The largest absolute Gasteiger partial charge is 0.452 e. The number of para-hydroxylation sites is 1. The molecule has 138 valence electrons. The number of nitrogens with two attached hydrogens (primary N) is 1. The van der Waals surface area contributed by atoms with E-state index >= 15 is 0 Å². The van der Waals surface area contributed by atoms with Gasteiger partial charge in [0.25, 0.3) is 5.91 Å². The number of aryl methyl sites for hydroxylation is 2. The molecule has 0 saturated carbocycles. The summed E-state index contributed by atoms with van der Waals surface area (Å²) in [7, 11) is 0. The van der Waals surface area contributed by atoms with Gasteiger partial charge < -0.3 is 15.8 Å². The number of benzene rings is 2. The van der Waals surface area contributed by atoms with Crippen LogP contribution < -0.4 is 11.1 Å². The summed E-state index contributed by atoms with van der Waals surface area (Å²) in [5.74, 6) is -1.55. The maximum Gasteiger partial charge on any atom is 0.416 e. The van der Waals surface area contributed by atoms with Crippen molar-refractivity contribution >= 4 is 23.3 Å². The number of carbonyl (C=O) groups excluding carboxylic acids is 2. The van der Waals surface area contributed by atoms with E-state index < -0.39 is 30.2 Å². The number of nitrogen functional groups attached to an aromatic ring is 1. The number of carbonyl (C=O) groups is 2. The molecular formula is C18H17F3N2O3. The Bertz CT molecular complexity index is 828. The lowest BCUT2D eigenvalue weighted by molar-refractivity contribution is -0.137. The number of anilines is 2. The van der Waals surface area contributed by atoms with Gasteiger partial charge in [-0.2, -0.15) is 13.2 Å². The SMILES string of the molecule is Cc1cccc(C)c1NC(=O)COC(=O)c1ccc(C(F)(F)F)cc1N. The Balaban J connectivity index is 2.01. The molecule has 0 radical (unpaired) electrons. The van der Waals surface area contributed by atoms with Crippen molar-refractivity contribution in [3.63, 3.8) is 0 Å². The normalized spacial score (nSPS) is 11.1. The molecule has 0 unspecified atom stereocenters. The van der Waals surface area contributed by atoms with E-state index in [0.717, 1.165) is 23.3 Å². The third-order valence-corrected chi connectivity index (χ3v) is 3.68. The highest BCUT2D eigenvalue weighted by Crippen LogP contribution is 2.31. The molecule has 0 bridgehead atoms. The molecule has 0 saturated heterocycles. The van der Waals surface area contributed by atoms with E-state index in [-0.39, 0.29) is 11.3 Å². The van der Waals surface area contributed by atoms with Gasteiger partial charge in [-0.1, -0.05) is 18.2 Å². The molecule has 0 aliphatic rings. The van der Waals surface area contributed by atoms with Crippen LogP contribution in [-0.2, 0) is 15.7 Å². The predicted molar refractivity (Wildman–Crippen MR) is 90.7 cm³/mol. The molecule has 5 nitrogen and oxygen atoms in total. The first-order valence-corrected chi connectivity index (χ1v) is 7.59. The van der Waals surface area contributed by atoms with E-state index in [1.165, 1.54) is 0 Å². The zero-order chi connectivity index (χ0) is 19.5. The van der Waals surface area contributed by atoms with Crippen LogP contribution in [0.4, 0.5) is 24.5 Å². The molecule has 0 spiro atoms. The van der Waals surface area contributed by atoms with E-state index in [4.69, 9.17) is 10.5 Å². The van der Waals surface area contributed by atoms with Crippen molar-refractivity contribution in [3.05, 3.63) is 58.7 Å². The molecule has 8 heteroatoms. The fraction of sp³-hybridized carbons (Fsp3) is 0.222. The topological polar surface area (TPSA) is 81.4 Å². The number of alkyl halides is 3. The van der Waals surface area contributed by atoms with Gasteiger partial charge in [0.1, 0.15) is 0 Å². The molecule has 0 fully saturated rings. The van der Waals surface area contributed by atoms with Gasteiger partial charge in [-0.25, -0.2) is 4.79 Å². The summed E-state index contributed by atoms with van der Waals surface area (Å²) in [6.07, 6.45) is -4.57. The Morgan fingerprint density at radius 2 is 1.73 bits per heavy atom. The number of hydrogen-bond acceptors (Lipinski definition) is 4. The van der Waals surface area contributed by atoms with Crippen LogP contribution in [0.2, 0.25) is 0 Å². The maximum absolute atomic E-state index is 12.6. The number of nitrogens with one attached hydrogen (secondary N) is 1. The molecule has 0 atom stereocenters. The van der Waals surface area contributed by atoms with Gasteiger partial charge >= 0.3 is 12.1 Å². The summed E-state index contributed by atoms with van der Waals surface area (Å²) >= 11 is 0. The molecule has 3 N–H and O–H groups in total. The monoisotopic (exact) mass is 366 g/mol. The minimum Gasteiger partial charge on any atom is -0.452 e. The number of amides is 1. The summed E-state index contributed by atoms with van der Waals surface area (Å²) in [5.41, 5.74) is 6.20. The molecule has 0 heterocycles. The molecule has 0 aromatic heterocycles. The number of halogens is 3. The zero-order valence-corrected chi connectivity index (χ0v) is 14.1. The number of esters is 1.